The predicted molar refractivity (Wildman–Crippen MR) is 90.9 cm³/mol. The molecule has 0 saturated carbocycles. The van der Waals surface area contributed by atoms with Crippen molar-refractivity contribution in [1.29, 1.82) is 0 Å². The molecule has 0 spiro atoms. The molecule has 1 aromatic rings. The van der Waals surface area contributed by atoms with Crippen LogP contribution in [-0.2, 0) is 16.1 Å². The fourth-order valence-corrected chi connectivity index (χ4v) is 3.00. The first-order valence-electron chi connectivity index (χ1n) is 6.97. The SMILES string of the molecule is COCc1c(Br)cccc1NC(=O)CC1CCNCC1.Cl. The van der Waals surface area contributed by atoms with Crippen LogP contribution in [0.2, 0.25) is 0 Å². The second kappa shape index (κ2) is 9.41. The zero-order valence-electron chi connectivity index (χ0n) is 12.2. The first kappa shape index (κ1) is 18.4. The summed E-state index contributed by atoms with van der Waals surface area (Å²) in [5.41, 5.74) is 1.81. The third-order valence-electron chi connectivity index (χ3n) is 3.61. The fourth-order valence-electron chi connectivity index (χ4n) is 2.52. The number of benzene rings is 1. The second-order valence-electron chi connectivity index (χ2n) is 5.14. The summed E-state index contributed by atoms with van der Waals surface area (Å²) in [6.07, 6.45) is 2.76. The van der Waals surface area contributed by atoms with Gasteiger partial charge in [0, 0.05) is 29.3 Å². The molecule has 2 N–H and O–H groups in total. The molecule has 1 aliphatic heterocycles. The van der Waals surface area contributed by atoms with Crippen LogP contribution < -0.4 is 10.6 Å². The molecule has 0 radical (unpaired) electrons. The smallest absolute Gasteiger partial charge is 0.224 e. The van der Waals surface area contributed by atoms with Gasteiger partial charge >= 0.3 is 0 Å². The van der Waals surface area contributed by atoms with Gasteiger partial charge in [-0.25, -0.2) is 0 Å². The van der Waals surface area contributed by atoms with Crippen LogP contribution in [0.5, 0.6) is 0 Å². The summed E-state index contributed by atoms with van der Waals surface area (Å²) in [6.45, 7) is 2.51. The number of anilines is 1. The first-order chi connectivity index (χ1) is 9.70. The average Bonchev–Trinajstić information content (AvgIpc) is 2.44. The van der Waals surface area contributed by atoms with Crippen molar-refractivity contribution >= 4 is 39.9 Å². The van der Waals surface area contributed by atoms with Gasteiger partial charge in [0.1, 0.15) is 0 Å². The molecule has 0 aromatic heterocycles. The van der Waals surface area contributed by atoms with Crippen LogP contribution in [0, 0.1) is 5.92 Å². The number of ether oxygens (including phenoxy) is 1. The second-order valence-corrected chi connectivity index (χ2v) is 6.00. The van der Waals surface area contributed by atoms with E-state index in [1.165, 1.54) is 0 Å². The Bertz CT molecular complexity index is 465. The molecule has 1 aromatic carbocycles. The van der Waals surface area contributed by atoms with Crippen LogP contribution in [0.3, 0.4) is 0 Å². The van der Waals surface area contributed by atoms with Gasteiger partial charge in [-0.3, -0.25) is 4.79 Å². The van der Waals surface area contributed by atoms with E-state index >= 15 is 0 Å². The van der Waals surface area contributed by atoms with E-state index in [2.05, 4.69) is 26.6 Å². The number of hydrogen-bond acceptors (Lipinski definition) is 3. The van der Waals surface area contributed by atoms with Crippen LogP contribution in [0.1, 0.15) is 24.8 Å². The molecule has 2 rings (SSSR count). The van der Waals surface area contributed by atoms with Gasteiger partial charge in [0.25, 0.3) is 0 Å². The molecule has 0 bridgehead atoms. The van der Waals surface area contributed by atoms with Crippen molar-refractivity contribution in [2.24, 2.45) is 5.92 Å². The number of amides is 1. The van der Waals surface area contributed by atoms with E-state index in [0.717, 1.165) is 41.7 Å². The van der Waals surface area contributed by atoms with Crippen LogP contribution >= 0.6 is 28.3 Å². The van der Waals surface area contributed by atoms with Gasteiger partial charge in [-0.15, -0.1) is 12.4 Å². The van der Waals surface area contributed by atoms with E-state index in [4.69, 9.17) is 4.74 Å². The van der Waals surface area contributed by atoms with E-state index in [-0.39, 0.29) is 18.3 Å². The van der Waals surface area contributed by atoms with E-state index in [1.54, 1.807) is 7.11 Å². The lowest BCUT2D eigenvalue weighted by atomic mass is 9.94. The van der Waals surface area contributed by atoms with Gasteiger partial charge in [0.05, 0.1) is 6.61 Å². The summed E-state index contributed by atoms with van der Waals surface area (Å²) in [6, 6.07) is 5.79. The van der Waals surface area contributed by atoms with Crippen molar-refractivity contribution in [2.75, 3.05) is 25.5 Å². The number of rotatable bonds is 5. The lowest BCUT2D eigenvalue weighted by molar-refractivity contribution is -0.117. The van der Waals surface area contributed by atoms with E-state index in [9.17, 15) is 4.79 Å². The molecule has 118 valence electrons. The van der Waals surface area contributed by atoms with Crippen molar-refractivity contribution in [3.05, 3.63) is 28.2 Å². The Morgan fingerprint density at radius 3 is 2.81 bits per heavy atom. The van der Waals surface area contributed by atoms with Crippen molar-refractivity contribution in [1.82, 2.24) is 5.32 Å². The number of hydrogen-bond donors (Lipinski definition) is 2. The summed E-state index contributed by atoms with van der Waals surface area (Å²) in [4.78, 5) is 12.2. The highest BCUT2D eigenvalue weighted by atomic mass is 79.9. The molecule has 0 aliphatic carbocycles. The Balaban J connectivity index is 0.00000220. The third-order valence-corrected chi connectivity index (χ3v) is 4.36. The predicted octanol–water partition coefficient (Wildman–Crippen LogP) is 3.35. The summed E-state index contributed by atoms with van der Waals surface area (Å²) in [5.74, 6) is 0.585. The molecule has 1 fully saturated rings. The minimum absolute atomic E-state index is 0. The molecule has 6 heteroatoms. The maximum atomic E-state index is 12.2. The number of carbonyl (C=O) groups is 1. The van der Waals surface area contributed by atoms with Crippen molar-refractivity contribution in [3.8, 4) is 0 Å². The molecule has 1 aliphatic rings. The minimum Gasteiger partial charge on any atom is -0.380 e. The van der Waals surface area contributed by atoms with Crippen molar-refractivity contribution in [3.63, 3.8) is 0 Å². The maximum Gasteiger partial charge on any atom is 0.224 e. The van der Waals surface area contributed by atoms with Gasteiger partial charge in [-0.2, -0.15) is 0 Å². The average molecular weight is 378 g/mol. The Morgan fingerprint density at radius 1 is 1.43 bits per heavy atom. The zero-order chi connectivity index (χ0) is 14.4. The van der Waals surface area contributed by atoms with Gasteiger partial charge in [0.15, 0.2) is 0 Å². The topological polar surface area (TPSA) is 50.4 Å². The standard InChI is InChI=1S/C15H21BrN2O2.ClH/c1-20-10-12-13(16)3-2-4-14(12)18-15(19)9-11-5-7-17-8-6-11;/h2-4,11,17H,5-10H2,1H3,(H,18,19);1H. The molecule has 1 heterocycles. The first-order valence-corrected chi connectivity index (χ1v) is 7.77. The number of piperidine rings is 1. The highest BCUT2D eigenvalue weighted by Gasteiger charge is 2.17. The van der Waals surface area contributed by atoms with Crippen LogP contribution in [0.15, 0.2) is 22.7 Å². The minimum atomic E-state index is 0. The molecular weight excluding hydrogens is 356 g/mol. The van der Waals surface area contributed by atoms with Crippen molar-refractivity contribution in [2.45, 2.75) is 25.9 Å². The van der Waals surface area contributed by atoms with E-state index in [0.29, 0.717) is 18.9 Å². The largest absolute Gasteiger partial charge is 0.380 e. The molecule has 1 amide bonds. The molecule has 0 unspecified atom stereocenters. The quantitative estimate of drug-likeness (QED) is 0.827. The van der Waals surface area contributed by atoms with E-state index < -0.39 is 0 Å². The monoisotopic (exact) mass is 376 g/mol. The number of nitrogens with one attached hydrogen (secondary N) is 2. The number of halogens is 2. The summed E-state index contributed by atoms with van der Waals surface area (Å²) >= 11 is 3.50. The molecular formula is C15H22BrClN2O2. The summed E-state index contributed by atoms with van der Waals surface area (Å²) in [7, 11) is 1.65. The normalized spacial score (nSPS) is 15.3. The highest BCUT2D eigenvalue weighted by Crippen LogP contribution is 2.26. The van der Waals surface area contributed by atoms with E-state index in [1.807, 2.05) is 18.2 Å². The lowest BCUT2D eigenvalue weighted by Crippen LogP contribution is -2.30. The van der Waals surface area contributed by atoms with Gasteiger partial charge in [-0.05, 0) is 44.0 Å². The Hall–Kier alpha value is -0.620. The summed E-state index contributed by atoms with van der Waals surface area (Å²) < 4.78 is 6.15. The third kappa shape index (κ3) is 5.58. The Labute approximate surface area is 140 Å². The van der Waals surface area contributed by atoms with Crippen LogP contribution in [0.4, 0.5) is 5.69 Å². The van der Waals surface area contributed by atoms with Gasteiger partial charge in [0.2, 0.25) is 5.91 Å². The Kier molecular flexibility index (Phi) is 8.26. The Morgan fingerprint density at radius 2 is 2.14 bits per heavy atom. The highest BCUT2D eigenvalue weighted by molar-refractivity contribution is 9.10. The molecule has 4 nitrogen and oxygen atoms in total. The number of carbonyl (C=O) groups excluding carboxylic acids is 1. The van der Waals surface area contributed by atoms with Crippen molar-refractivity contribution < 1.29 is 9.53 Å². The maximum absolute atomic E-state index is 12.2. The summed E-state index contributed by atoms with van der Waals surface area (Å²) in [5, 5.41) is 6.33. The zero-order valence-corrected chi connectivity index (χ0v) is 14.6. The fraction of sp³-hybridized carbons (Fsp3) is 0.533. The number of methoxy groups -OCH3 is 1. The lowest BCUT2D eigenvalue weighted by Gasteiger charge is -2.22. The molecule has 1 saturated heterocycles. The van der Waals surface area contributed by atoms with Crippen LogP contribution in [0.25, 0.3) is 0 Å². The van der Waals surface area contributed by atoms with Gasteiger partial charge in [-0.1, -0.05) is 22.0 Å². The molecule has 21 heavy (non-hydrogen) atoms. The molecule has 0 atom stereocenters. The van der Waals surface area contributed by atoms with Gasteiger partial charge < -0.3 is 15.4 Å². The van der Waals surface area contributed by atoms with Crippen LogP contribution in [-0.4, -0.2) is 26.1 Å².